The fourth-order valence-electron chi connectivity index (χ4n) is 4.98. The summed E-state index contributed by atoms with van der Waals surface area (Å²) in [6, 6.07) is 3.90. The van der Waals surface area contributed by atoms with Gasteiger partial charge in [0.15, 0.2) is 0 Å². The van der Waals surface area contributed by atoms with Crippen molar-refractivity contribution >= 4 is 35.3 Å². The van der Waals surface area contributed by atoms with Crippen LogP contribution in [0.1, 0.15) is 91.8 Å². The Morgan fingerprint density at radius 3 is 2.21 bits per heavy atom. The Balaban J connectivity index is 1.19. The zero-order valence-electron chi connectivity index (χ0n) is 25.2. The molecule has 1 aromatic carbocycles. The van der Waals surface area contributed by atoms with Crippen molar-refractivity contribution in [3.63, 3.8) is 0 Å². The molecule has 0 spiro atoms. The first kappa shape index (κ1) is 34.1. The van der Waals surface area contributed by atoms with Gasteiger partial charge >= 0.3 is 5.97 Å². The van der Waals surface area contributed by atoms with Gasteiger partial charge in [-0.05, 0) is 25.0 Å². The second-order valence-electron chi connectivity index (χ2n) is 10.5. The SMILES string of the molecule is CCCCCCCCCC(=O)OCCOCCOCCOCCNc1cccc2c1C(=O)N(C1CCC(=O)NC1=O)C2=O. The Morgan fingerprint density at radius 2 is 1.51 bits per heavy atom. The van der Waals surface area contributed by atoms with Crippen LogP contribution in [0.25, 0.3) is 0 Å². The minimum absolute atomic E-state index is 0.0690. The first-order valence-electron chi connectivity index (χ1n) is 15.4. The van der Waals surface area contributed by atoms with Crippen LogP contribution in [0.15, 0.2) is 18.2 Å². The Hall–Kier alpha value is -3.35. The summed E-state index contributed by atoms with van der Waals surface area (Å²) in [5.74, 6) is -2.34. The van der Waals surface area contributed by atoms with Gasteiger partial charge in [-0.3, -0.25) is 34.2 Å². The average Bonchev–Trinajstić information content (AvgIpc) is 3.24. The van der Waals surface area contributed by atoms with Crippen molar-refractivity contribution in [1.29, 1.82) is 0 Å². The van der Waals surface area contributed by atoms with E-state index in [4.69, 9.17) is 18.9 Å². The van der Waals surface area contributed by atoms with Crippen molar-refractivity contribution in [2.75, 3.05) is 58.1 Å². The van der Waals surface area contributed by atoms with Crippen LogP contribution in [0.2, 0.25) is 0 Å². The van der Waals surface area contributed by atoms with Gasteiger partial charge in [-0.2, -0.15) is 0 Å². The Kier molecular flexibility index (Phi) is 15.1. The predicted molar refractivity (Wildman–Crippen MR) is 158 cm³/mol. The number of benzene rings is 1. The maximum atomic E-state index is 13.1. The molecular weight excluding hydrogens is 558 g/mol. The van der Waals surface area contributed by atoms with Crippen LogP contribution < -0.4 is 10.6 Å². The Labute approximate surface area is 253 Å². The normalized spacial score (nSPS) is 16.4. The van der Waals surface area contributed by atoms with Crippen LogP contribution >= 0.6 is 0 Å². The Morgan fingerprint density at radius 1 is 0.860 bits per heavy atom. The number of hydrogen-bond donors (Lipinski definition) is 2. The van der Waals surface area contributed by atoms with E-state index in [1.54, 1.807) is 18.2 Å². The molecule has 12 heteroatoms. The van der Waals surface area contributed by atoms with Crippen LogP contribution in [-0.4, -0.2) is 93.3 Å². The second kappa shape index (κ2) is 19.0. The second-order valence-corrected chi connectivity index (χ2v) is 10.5. The topological polar surface area (TPSA) is 150 Å². The largest absolute Gasteiger partial charge is 0.463 e. The molecule has 1 atom stereocenters. The zero-order chi connectivity index (χ0) is 30.9. The minimum Gasteiger partial charge on any atom is -0.463 e. The number of anilines is 1. The lowest BCUT2D eigenvalue weighted by molar-refractivity contribution is -0.145. The van der Waals surface area contributed by atoms with Crippen molar-refractivity contribution in [1.82, 2.24) is 10.2 Å². The molecule has 1 fully saturated rings. The third-order valence-electron chi connectivity index (χ3n) is 7.25. The summed E-state index contributed by atoms with van der Waals surface area (Å²) >= 11 is 0. The number of fused-ring (bicyclic) bond motifs is 1. The molecular formula is C31H45N3O9. The average molecular weight is 604 g/mol. The molecule has 0 saturated carbocycles. The summed E-state index contributed by atoms with van der Waals surface area (Å²) in [7, 11) is 0. The highest BCUT2D eigenvalue weighted by molar-refractivity contribution is 6.25. The smallest absolute Gasteiger partial charge is 0.305 e. The van der Waals surface area contributed by atoms with E-state index in [1.165, 1.54) is 32.1 Å². The number of unbranched alkanes of at least 4 members (excludes halogenated alkanes) is 6. The zero-order valence-corrected chi connectivity index (χ0v) is 25.2. The Bertz CT molecular complexity index is 1090. The summed E-state index contributed by atoms with van der Waals surface area (Å²) in [4.78, 5) is 62.4. The highest BCUT2D eigenvalue weighted by atomic mass is 16.6. The number of ether oxygens (including phenoxy) is 4. The van der Waals surface area contributed by atoms with Gasteiger partial charge in [-0.15, -0.1) is 0 Å². The van der Waals surface area contributed by atoms with Gasteiger partial charge in [-0.1, -0.05) is 51.5 Å². The molecule has 3 rings (SSSR count). The molecule has 2 N–H and O–H groups in total. The van der Waals surface area contributed by atoms with Crippen LogP contribution in [-0.2, 0) is 33.3 Å². The van der Waals surface area contributed by atoms with Gasteiger partial charge in [-0.25, -0.2) is 0 Å². The lowest BCUT2D eigenvalue weighted by Gasteiger charge is -2.27. The van der Waals surface area contributed by atoms with E-state index in [1.807, 2.05) is 0 Å². The summed E-state index contributed by atoms with van der Waals surface area (Å²) in [6.45, 7) is 5.02. The molecule has 2 aliphatic heterocycles. The van der Waals surface area contributed by atoms with Crippen molar-refractivity contribution in [2.24, 2.45) is 0 Å². The molecule has 0 aromatic heterocycles. The number of rotatable bonds is 22. The molecule has 1 unspecified atom stereocenters. The maximum absolute atomic E-state index is 13.1. The molecule has 0 bridgehead atoms. The number of hydrogen-bond acceptors (Lipinski definition) is 10. The van der Waals surface area contributed by atoms with Gasteiger partial charge in [0, 0.05) is 25.1 Å². The van der Waals surface area contributed by atoms with E-state index in [2.05, 4.69) is 17.6 Å². The third kappa shape index (κ3) is 11.0. The monoisotopic (exact) mass is 603 g/mol. The van der Waals surface area contributed by atoms with Crippen LogP contribution in [0.3, 0.4) is 0 Å². The minimum atomic E-state index is -1.01. The molecule has 2 heterocycles. The number of amides is 4. The quantitative estimate of drug-likeness (QED) is 0.115. The summed E-state index contributed by atoms with van der Waals surface area (Å²) in [5, 5.41) is 5.32. The molecule has 4 amide bonds. The lowest BCUT2D eigenvalue weighted by atomic mass is 10.0. The molecule has 0 radical (unpaired) electrons. The van der Waals surface area contributed by atoms with Gasteiger partial charge in [0.25, 0.3) is 11.8 Å². The molecule has 2 aliphatic rings. The van der Waals surface area contributed by atoms with E-state index >= 15 is 0 Å². The van der Waals surface area contributed by atoms with Gasteiger partial charge in [0.05, 0.1) is 50.8 Å². The first-order chi connectivity index (χ1) is 20.9. The van der Waals surface area contributed by atoms with Crippen molar-refractivity contribution in [2.45, 2.75) is 77.2 Å². The molecule has 1 aromatic rings. The number of esters is 1. The van der Waals surface area contributed by atoms with Crippen molar-refractivity contribution in [3.05, 3.63) is 29.3 Å². The van der Waals surface area contributed by atoms with Gasteiger partial charge in [0.2, 0.25) is 11.8 Å². The molecule has 0 aliphatic carbocycles. The molecule has 43 heavy (non-hydrogen) atoms. The first-order valence-corrected chi connectivity index (χ1v) is 15.4. The molecule has 238 valence electrons. The molecule has 1 saturated heterocycles. The number of imide groups is 2. The fraction of sp³-hybridized carbons (Fsp3) is 0.645. The standard InChI is InChI=1S/C31H45N3O9/c1-2-3-4-5-6-7-8-12-27(36)43-22-21-42-20-19-41-18-17-40-16-15-32-24-11-9-10-23-28(24)31(39)34(30(23)38)25-13-14-26(35)33-29(25)37/h9-11,25,32H,2-8,12-22H2,1H3,(H,33,35,37). The number of nitrogens with one attached hydrogen (secondary N) is 2. The third-order valence-corrected chi connectivity index (χ3v) is 7.25. The predicted octanol–water partition coefficient (Wildman–Crippen LogP) is 3.23. The number of carbonyl (C=O) groups excluding carboxylic acids is 5. The molecule has 12 nitrogen and oxygen atoms in total. The summed E-state index contributed by atoms with van der Waals surface area (Å²) in [5.41, 5.74) is 0.910. The van der Waals surface area contributed by atoms with Crippen molar-refractivity contribution in [3.8, 4) is 0 Å². The fourth-order valence-corrected chi connectivity index (χ4v) is 4.98. The number of nitrogens with zero attached hydrogens (tertiary/aromatic N) is 1. The van der Waals surface area contributed by atoms with Crippen LogP contribution in [0, 0.1) is 0 Å². The lowest BCUT2D eigenvalue weighted by Crippen LogP contribution is -2.54. The van der Waals surface area contributed by atoms with E-state index in [9.17, 15) is 24.0 Å². The summed E-state index contributed by atoms with van der Waals surface area (Å²) in [6.07, 6.45) is 8.78. The van der Waals surface area contributed by atoms with E-state index in [-0.39, 0.29) is 36.5 Å². The highest BCUT2D eigenvalue weighted by Gasteiger charge is 2.45. The maximum Gasteiger partial charge on any atom is 0.305 e. The number of carbonyl (C=O) groups is 5. The van der Waals surface area contributed by atoms with Crippen LogP contribution in [0.4, 0.5) is 5.69 Å². The van der Waals surface area contributed by atoms with Gasteiger partial charge < -0.3 is 24.3 Å². The van der Waals surface area contributed by atoms with Crippen molar-refractivity contribution < 1.29 is 42.9 Å². The number of piperidine rings is 1. The van der Waals surface area contributed by atoms with E-state index in [0.717, 1.165) is 17.7 Å². The highest BCUT2D eigenvalue weighted by Crippen LogP contribution is 2.32. The van der Waals surface area contributed by atoms with E-state index in [0.29, 0.717) is 58.3 Å². The van der Waals surface area contributed by atoms with Gasteiger partial charge in [0.1, 0.15) is 12.6 Å². The summed E-state index contributed by atoms with van der Waals surface area (Å²) < 4.78 is 21.7. The van der Waals surface area contributed by atoms with Crippen LogP contribution in [0.5, 0.6) is 0 Å². The van der Waals surface area contributed by atoms with E-state index < -0.39 is 29.7 Å².